The van der Waals surface area contributed by atoms with Gasteiger partial charge in [0.05, 0.1) is 24.6 Å². The van der Waals surface area contributed by atoms with Crippen LogP contribution in [0.4, 0.5) is 0 Å². The first kappa shape index (κ1) is 22.7. The Labute approximate surface area is 201 Å². The summed E-state index contributed by atoms with van der Waals surface area (Å²) in [4.78, 5) is 29.3. The van der Waals surface area contributed by atoms with Crippen LogP contribution in [0.25, 0.3) is 0 Å². The van der Waals surface area contributed by atoms with Gasteiger partial charge in [0.2, 0.25) is 0 Å². The summed E-state index contributed by atoms with van der Waals surface area (Å²) in [5.74, 6) is 1.83. The Morgan fingerprint density at radius 2 is 1.65 bits per heavy atom. The van der Waals surface area contributed by atoms with E-state index < -0.39 is 6.04 Å². The van der Waals surface area contributed by atoms with Crippen molar-refractivity contribution in [3.8, 4) is 5.75 Å². The van der Waals surface area contributed by atoms with Gasteiger partial charge in [0.25, 0.3) is 5.91 Å². The second kappa shape index (κ2) is 8.94. The van der Waals surface area contributed by atoms with Gasteiger partial charge in [-0.1, -0.05) is 55.8 Å². The summed E-state index contributed by atoms with van der Waals surface area (Å²) in [6.07, 6.45) is 2.14. The second-order valence-corrected chi connectivity index (χ2v) is 10.2. The predicted molar refractivity (Wildman–Crippen MR) is 130 cm³/mol. The molecule has 1 amide bonds. The fourth-order valence-corrected chi connectivity index (χ4v) is 5.68. The molecular weight excluding hydrogens is 426 g/mol. The highest BCUT2D eigenvalue weighted by Crippen LogP contribution is 2.48. The lowest BCUT2D eigenvalue weighted by Gasteiger charge is -2.40. The molecule has 1 saturated carbocycles. The van der Waals surface area contributed by atoms with Crippen LogP contribution in [0.15, 0.2) is 59.9 Å². The number of fused-ring (bicyclic) bond motifs is 1. The Kier molecular flexibility index (Phi) is 5.97. The summed E-state index contributed by atoms with van der Waals surface area (Å²) in [5, 5.41) is 0. The molecule has 1 fully saturated rings. The van der Waals surface area contributed by atoms with E-state index in [1.807, 2.05) is 60.4 Å². The number of carbonyl (C=O) groups is 2. The van der Waals surface area contributed by atoms with Gasteiger partial charge in [-0.2, -0.15) is 0 Å². The number of aryl methyl sites for hydroxylation is 1. The summed E-state index contributed by atoms with van der Waals surface area (Å²) < 4.78 is 11.6. The topological polar surface area (TPSA) is 55.8 Å². The van der Waals surface area contributed by atoms with Gasteiger partial charge < -0.3 is 14.4 Å². The molecule has 34 heavy (non-hydrogen) atoms. The molecule has 5 rings (SSSR count). The number of hydrogen-bond acceptors (Lipinski definition) is 4. The third kappa shape index (κ3) is 3.91. The van der Waals surface area contributed by atoms with Crippen LogP contribution < -0.4 is 4.74 Å². The summed E-state index contributed by atoms with van der Waals surface area (Å²) in [5.41, 5.74) is 3.79. The maximum atomic E-state index is 13.8. The number of Topliss-reactive ketones (excluding diaryl/α,β-unsaturated/α-hetero) is 1. The molecule has 5 unspecified atom stereocenters. The van der Waals surface area contributed by atoms with E-state index in [2.05, 4.69) is 13.8 Å². The van der Waals surface area contributed by atoms with Gasteiger partial charge in [0.15, 0.2) is 11.5 Å². The molecule has 2 aromatic rings. The highest BCUT2D eigenvalue weighted by Gasteiger charge is 2.53. The third-order valence-corrected chi connectivity index (χ3v) is 8.00. The number of benzene rings is 2. The fraction of sp³-hybridized carbons (Fsp3) is 0.448. The van der Waals surface area contributed by atoms with Gasteiger partial charge in [0, 0.05) is 6.54 Å². The van der Waals surface area contributed by atoms with Crippen molar-refractivity contribution in [2.45, 2.75) is 52.2 Å². The molecule has 5 heteroatoms. The maximum absolute atomic E-state index is 13.8. The highest BCUT2D eigenvalue weighted by molar-refractivity contribution is 6.11. The molecule has 0 aromatic heterocycles. The van der Waals surface area contributed by atoms with E-state index in [0.29, 0.717) is 30.4 Å². The average molecular weight is 460 g/mol. The molecule has 0 N–H and O–H groups in total. The number of nitrogens with zero attached hydrogens (tertiary/aromatic N) is 1. The molecule has 2 heterocycles. The van der Waals surface area contributed by atoms with Crippen molar-refractivity contribution < 1.29 is 19.1 Å². The molecule has 5 atom stereocenters. The normalized spacial score (nSPS) is 28.5. The van der Waals surface area contributed by atoms with Crippen molar-refractivity contribution in [3.63, 3.8) is 0 Å². The number of carbonyl (C=O) groups excluding carboxylic acids is 2. The van der Waals surface area contributed by atoms with Crippen molar-refractivity contribution in [2.75, 3.05) is 13.7 Å². The van der Waals surface area contributed by atoms with Crippen LogP contribution in [0.3, 0.4) is 0 Å². The van der Waals surface area contributed by atoms with Gasteiger partial charge in [-0.15, -0.1) is 0 Å². The molecule has 0 saturated heterocycles. The van der Waals surface area contributed by atoms with E-state index in [-0.39, 0.29) is 29.5 Å². The Balaban J connectivity index is 1.48. The lowest BCUT2D eigenvalue weighted by molar-refractivity contribution is -0.137. The van der Waals surface area contributed by atoms with Gasteiger partial charge in [0.1, 0.15) is 11.9 Å². The van der Waals surface area contributed by atoms with Crippen LogP contribution in [-0.2, 0) is 20.7 Å². The van der Waals surface area contributed by atoms with E-state index in [4.69, 9.17) is 9.47 Å². The van der Waals surface area contributed by atoms with Crippen molar-refractivity contribution in [2.24, 2.45) is 17.8 Å². The molecule has 1 aliphatic carbocycles. The summed E-state index contributed by atoms with van der Waals surface area (Å²) in [6.45, 7) is 6.98. The van der Waals surface area contributed by atoms with Gasteiger partial charge in [-0.05, 0) is 61.3 Å². The van der Waals surface area contributed by atoms with E-state index in [0.717, 1.165) is 35.3 Å². The Morgan fingerprint density at radius 3 is 2.32 bits per heavy atom. The summed E-state index contributed by atoms with van der Waals surface area (Å²) in [7, 11) is 1.65. The van der Waals surface area contributed by atoms with Crippen LogP contribution in [0.2, 0.25) is 0 Å². The van der Waals surface area contributed by atoms with E-state index >= 15 is 0 Å². The first-order chi connectivity index (χ1) is 16.4. The number of hydrogen-bond donors (Lipinski definition) is 0. The Hall–Kier alpha value is -3.08. The standard InChI is InChI=1S/C29H33NO4/c1-17-5-9-21(10-6-17)26-25-27(31)23-15-18(2)19(3)16-24(23)34-28(25)29(32)30(26)14-13-20-7-11-22(33-4)12-8-20/h5-12,18-19,23-24,26H,13-16H2,1-4H3. The summed E-state index contributed by atoms with van der Waals surface area (Å²) >= 11 is 0. The lowest BCUT2D eigenvalue weighted by Crippen LogP contribution is -2.43. The maximum Gasteiger partial charge on any atom is 0.290 e. The van der Waals surface area contributed by atoms with Crippen LogP contribution >= 0.6 is 0 Å². The van der Waals surface area contributed by atoms with Gasteiger partial charge >= 0.3 is 0 Å². The molecule has 2 aromatic carbocycles. The quantitative estimate of drug-likeness (QED) is 0.629. The first-order valence-corrected chi connectivity index (χ1v) is 12.3. The molecule has 5 nitrogen and oxygen atoms in total. The van der Waals surface area contributed by atoms with E-state index in [1.54, 1.807) is 7.11 Å². The molecule has 0 spiro atoms. The Bertz CT molecular complexity index is 1120. The molecule has 2 aliphatic heterocycles. The number of ketones is 1. The SMILES string of the molecule is COc1ccc(CCN2C(=O)C3=C(C(=O)C4CC(C)C(C)CC4O3)C2c2ccc(C)cc2)cc1. The third-order valence-electron chi connectivity index (χ3n) is 8.00. The zero-order valence-electron chi connectivity index (χ0n) is 20.4. The van der Waals surface area contributed by atoms with Gasteiger partial charge in [-0.3, -0.25) is 9.59 Å². The fourth-order valence-electron chi connectivity index (χ4n) is 5.68. The van der Waals surface area contributed by atoms with Crippen molar-refractivity contribution in [3.05, 3.63) is 76.6 Å². The van der Waals surface area contributed by atoms with Crippen LogP contribution in [0.1, 0.15) is 49.4 Å². The zero-order valence-corrected chi connectivity index (χ0v) is 20.4. The minimum Gasteiger partial charge on any atom is -0.497 e. The molecular formula is C29H33NO4. The predicted octanol–water partition coefficient (Wildman–Crippen LogP) is 5.03. The smallest absolute Gasteiger partial charge is 0.290 e. The number of methoxy groups -OCH3 is 1. The Morgan fingerprint density at radius 1 is 0.971 bits per heavy atom. The second-order valence-electron chi connectivity index (χ2n) is 10.2. The number of amides is 1. The van der Waals surface area contributed by atoms with Gasteiger partial charge in [-0.25, -0.2) is 0 Å². The average Bonchev–Trinajstić information content (AvgIpc) is 3.11. The van der Waals surface area contributed by atoms with E-state index in [1.165, 1.54) is 0 Å². The van der Waals surface area contributed by atoms with Crippen LogP contribution in [0.5, 0.6) is 5.75 Å². The highest BCUT2D eigenvalue weighted by atomic mass is 16.5. The van der Waals surface area contributed by atoms with Crippen molar-refractivity contribution in [1.82, 2.24) is 4.90 Å². The molecule has 0 bridgehead atoms. The lowest BCUT2D eigenvalue weighted by atomic mass is 9.70. The zero-order chi connectivity index (χ0) is 24.0. The number of ether oxygens (including phenoxy) is 2. The largest absolute Gasteiger partial charge is 0.497 e. The molecule has 3 aliphatic rings. The van der Waals surface area contributed by atoms with Crippen molar-refractivity contribution in [1.29, 1.82) is 0 Å². The number of rotatable bonds is 5. The van der Waals surface area contributed by atoms with Crippen LogP contribution in [0, 0.1) is 24.7 Å². The van der Waals surface area contributed by atoms with E-state index in [9.17, 15) is 9.59 Å². The molecule has 0 radical (unpaired) electrons. The first-order valence-electron chi connectivity index (χ1n) is 12.3. The monoisotopic (exact) mass is 459 g/mol. The van der Waals surface area contributed by atoms with Crippen molar-refractivity contribution >= 4 is 11.7 Å². The summed E-state index contributed by atoms with van der Waals surface area (Å²) in [6, 6.07) is 15.7. The minimum atomic E-state index is -0.399. The minimum absolute atomic E-state index is 0.107. The van der Waals surface area contributed by atoms with Crippen LogP contribution in [-0.4, -0.2) is 36.3 Å². The molecule has 178 valence electrons.